The third-order valence-electron chi connectivity index (χ3n) is 8.36. The molecule has 6 rings (SSSR count). The zero-order valence-electron chi connectivity index (χ0n) is 21.3. The summed E-state index contributed by atoms with van der Waals surface area (Å²) in [7, 11) is -1.97. The third-order valence-corrected chi connectivity index (χ3v) is 13.7. The van der Waals surface area contributed by atoms with Gasteiger partial charge in [-0.15, -0.1) is 6.58 Å². The van der Waals surface area contributed by atoms with Crippen LogP contribution in [0.5, 0.6) is 0 Å². The topological polar surface area (TPSA) is 0 Å². The van der Waals surface area contributed by atoms with E-state index in [0.29, 0.717) is 11.1 Å². The van der Waals surface area contributed by atoms with Crippen molar-refractivity contribution >= 4 is 8.07 Å². The van der Waals surface area contributed by atoms with Crippen molar-refractivity contribution in [2.24, 2.45) is 0 Å². The van der Waals surface area contributed by atoms with Crippen molar-refractivity contribution < 1.29 is 51.0 Å². The molecule has 4 aromatic carbocycles. The standard InChI is InChI=1S/C33H32Si.2ClH.Zr/c1-3-4-5-14-23-34(2,32-28-19-10-6-15-24(28)25-16-7-11-20-29(25)32)33-30-21-12-8-17-26(30)27-18-9-13-22-31(27)33;;;/h3,6-13,15-22,32-33H,1,4-5,14,23H2,2H3;2*1H;/q;;;+2/p-2. The van der Waals surface area contributed by atoms with Gasteiger partial charge < -0.3 is 24.8 Å². The van der Waals surface area contributed by atoms with E-state index in [4.69, 9.17) is 0 Å². The molecule has 0 N–H and O–H groups in total. The van der Waals surface area contributed by atoms with Gasteiger partial charge in [0.1, 0.15) is 0 Å². The van der Waals surface area contributed by atoms with E-state index >= 15 is 0 Å². The van der Waals surface area contributed by atoms with E-state index < -0.39 is 8.07 Å². The molecule has 0 aromatic heterocycles. The predicted octanol–water partition coefficient (Wildman–Crippen LogP) is 3.13. The van der Waals surface area contributed by atoms with Crippen LogP contribution >= 0.6 is 0 Å². The summed E-state index contributed by atoms with van der Waals surface area (Å²) < 4.78 is 0. The summed E-state index contributed by atoms with van der Waals surface area (Å²) in [5.41, 5.74) is 13.1. The fourth-order valence-corrected chi connectivity index (χ4v) is 12.8. The van der Waals surface area contributed by atoms with Gasteiger partial charge in [-0.25, -0.2) is 0 Å². The van der Waals surface area contributed by atoms with Crippen LogP contribution in [-0.4, -0.2) is 8.07 Å². The summed E-state index contributed by atoms with van der Waals surface area (Å²) in [5, 5.41) is 0. The van der Waals surface area contributed by atoms with Crippen LogP contribution in [0.3, 0.4) is 0 Å². The van der Waals surface area contributed by atoms with E-state index in [1.165, 1.54) is 41.1 Å². The fourth-order valence-electron chi connectivity index (χ4n) is 6.98. The Morgan fingerprint density at radius 3 is 1.24 bits per heavy atom. The van der Waals surface area contributed by atoms with Crippen molar-refractivity contribution in [2.45, 2.75) is 42.9 Å². The zero-order valence-corrected chi connectivity index (χ0v) is 26.2. The Kier molecular flexibility index (Phi) is 10.0. The number of hydrogen-bond acceptors (Lipinski definition) is 0. The molecule has 0 nitrogen and oxygen atoms in total. The van der Waals surface area contributed by atoms with Crippen molar-refractivity contribution in [3.63, 3.8) is 0 Å². The molecule has 0 atom stereocenters. The molecule has 4 heteroatoms. The van der Waals surface area contributed by atoms with Gasteiger partial charge in [0.2, 0.25) is 0 Å². The molecule has 0 aliphatic heterocycles. The molecule has 0 amide bonds. The van der Waals surface area contributed by atoms with Gasteiger partial charge in [-0.3, -0.25) is 0 Å². The van der Waals surface area contributed by atoms with Crippen molar-refractivity contribution in [3.05, 3.63) is 132 Å². The second-order valence-electron chi connectivity index (χ2n) is 10.3. The third kappa shape index (κ3) is 4.92. The van der Waals surface area contributed by atoms with Crippen LogP contribution in [0.1, 0.15) is 52.6 Å². The molecule has 0 saturated heterocycles. The number of benzene rings is 4. The van der Waals surface area contributed by atoms with Crippen LogP contribution in [0.2, 0.25) is 12.6 Å². The second-order valence-corrected chi connectivity index (χ2v) is 14.9. The van der Waals surface area contributed by atoms with Crippen molar-refractivity contribution in [1.82, 2.24) is 0 Å². The normalized spacial score (nSPS) is 13.2. The van der Waals surface area contributed by atoms with E-state index in [2.05, 4.69) is 116 Å². The van der Waals surface area contributed by atoms with E-state index in [9.17, 15) is 0 Å². The Morgan fingerprint density at radius 1 is 0.595 bits per heavy atom. The van der Waals surface area contributed by atoms with Crippen molar-refractivity contribution in [1.29, 1.82) is 0 Å². The number of rotatable bonds is 7. The van der Waals surface area contributed by atoms with E-state index in [-0.39, 0.29) is 51.0 Å². The first-order chi connectivity index (χ1) is 16.7. The summed E-state index contributed by atoms with van der Waals surface area (Å²) in [6.45, 7) is 6.70. The summed E-state index contributed by atoms with van der Waals surface area (Å²) in [4.78, 5) is 0. The Hall–Kier alpha value is -1.70. The Labute approximate surface area is 254 Å². The smallest absolute Gasteiger partial charge is 1.00 e. The maximum absolute atomic E-state index is 3.98. The van der Waals surface area contributed by atoms with Gasteiger partial charge in [-0.2, -0.15) is 0 Å². The Balaban J connectivity index is 0.00000127. The zero-order chi connectivity index (χ0) is 23.1. The first-order valence-corrected chi connectivity index (χ1v) is 15.6. The molecule has 0 saturated carbocycles. The van der Waals surface area contributed by atoms with E-state index in [1.807, 2.05) is 0 Å². The molecule has 2 aliphatic rings. The van der Waals surface area contributed by atoms with Crippen LogP contribution in [0.15, 0.2) is 110 Å². The monoisotopic (exact) mass is 616 g/mol. The van der Waals surface area contributed by atoms with Crippen molar-refractivity contribution in [2.75, 3.05) is 0 Å². The molecule has 186 valence electrons. The number of fused-ring (bicyclic) bond motifs is 6. The average Bonchev–Trinajstić information content (AvgIpc) is 3.41. The van der Waals surface area contributed by atoms with Crippen LogP contribution in [0, 0.1) is 0 Å². The summed E-state index contributed by atoms with van der Waals surface area (Å²) in [6.07, 6.45) is 5.70. The molecule has 0 fully saturated rings. The molecule has 0 unspecified atom stereocenters. The number of unbranched alkanes of at least 4 members (excludes halogenated alkanes) is 2. The van der Waals surface area contributed by atoms with Crippen LogP contribution in [-0.2, 0) is 26.2 Å². The molecule has 4 aromatic rings. The van der Waals surface area contributed by atoms with Gasteiger partial charge in [-0.05, 0) is 50.9 Å². The Morgan fingerprint density at radius 2 is 0.919 bits per heavy atom. The number of hydrogen-bond donors (Lipinski definition) is 0. The first kappa shape index (κ1) is 29.9. The minimum absolute atomic E-state index is 0. The van der Waals surface area contributed by atoms with Gasteiger partial charge in [0.25, 0.3) is 0 Å². The molecule has 0 radical (unpaired) electrons. The first-order valence-electron chi connectivity index (χ1n) is 12.7. The van der Waals surface area contributed by atoms with Crippen LogP contribution in [0.4, 0.5) is 0 Å². The minimum atomic E-state index is -1.97. The minimum Gasteiger partial charge on any atom is -1.00 e. The molecule has 0 spiro atoms. The van der Waals surface area contributed by atoms with Crippen LogP contribution in [0.25, 0.3) is 22.3 Å². The van der Waals surface area contributed by atoms with Crippen molar-refractivity contribution in [3.8, 4) is 22.3 Å². The molecule has 37 heavy (non-hydrogen) atoms. The van der Waals surface area contributed by atoms with Gasteiger partial charge in [0, 0.05) is 11.1 Å². The number of allylic oxidation sites excluding steroid dienone is 1. The molecular weight excluding hydrogens is 587 g/mol. The molecular formula is C33H32Cl2SiZr. The average molecular weight is 619 g/mol. The SMILES string of the molecule is C=CCCCC[Si](C)(C1c2ccccc2-c2ccccc21)C1c2ccccc2-c2ccccc21.[Cl-].[Cl-].[Zr+2]. The number of halogens is 2. The maximum Gasteiger partial charge on any atom is 2.00 e. The maximum atomic E-state index is 3.98. The second kappa shape index (κ2) is 12.4. The van der Waals surface area contributed by atoms with Gasteiger partial charge >= 0.3 is 26.2 Å². The summed E-state index contributed by atoms with van der Waals surface area (Å²) in [5.74, 6) is 0. The largest absolute Gasteiger partial charge is 2.00 e. The quantitative estimate of drug-likeness (QED) is 0.170. The molecule has 0 bridgehead atoms. The van der Waals surface area contributed by atoms with Gasteiger partial charge in [0.05, 0.1) is 8.07 Å². The summed E-state index contributed by atoms with van der Waals surface area (Å²) in [6, 6.07) is 38.2. The van der Waals surface area contributed by atoms with E-state index in [0.717, 1.165) is 6.42 Å². The van der Waals surface area contributed by atoms with E-state index in [1.54, 1.807) is 22.3 Å². The van der Waals surface area contributed by atoms with Gasteiger partial charge in [0.15, 0.2) is 0 Å². The molecule has 2 aliphatic carbocycles. The van der Waals surface area contributed by atoms with Gasteiger partial charge in [-0.1, -0.05) is 129 Å². The fraction of sp³-hybridized carbons (Fsp3) is 0.212. The molecule has 0 heterocycles. The summed E-state index contributed by atoms with van der Waals surface area (Å²) >= 11 is 0. The predicted molar refractivity (Wildman–Crippen MR) is 148 cm³/mol. The Bertz CT molecular complexity index is 1200. The van der Waals surface area contributed by atoms with Crippen LogP contribution < -0.4 is 24.8 Å².